The van der Waals surface area contributed by atoms with Gasteiger partial charge in [-0.25, -0.2) is 4.98 Å². The normalized spacial score (nSPS) is 13.2. The minimum Gasteiger partial charge on any atom is -0.490 e. The number of amides is 1. The van der Waals surface area contributed by atoms with Crippen molar-refractivity contribution < 1.29 is 14.3 Å². The molecule has 1 aliphatic rings. The zero-order valence-corrected chi connectivity index (χ0v) is 16.6. The van der Waals surface area contributed by atoms with Crippen molar-refractivity contribution in [3.63, 3.8) is 0 Å². The van der Waals surface area contributed by atoms with E-state index in [1.165, 1.54) is 10.9 Å². The number of hydrogen-bond acceptors (Lipinski definition) is 5. The minimum absolute atomic E-state index is 0.148. The monoisotopic (exact) mass is 443 g/mol. The van der Waals surface area contributed by atoms with E-state index in [0.29, 0.717) is 41.3 Å². The summed E-state index contributed by atoms with van der Waals surface area (Å²) in [6.45, 7) is 1.44. The van der Waals surface area contributed by atoms with Gasteiger partial charge >= 0.3 is 0 Å². The Morgan fingerprint density at radius 1 is 1.14 bits per heavy atom. The van der Waals surface area contributed by atoms with E-state index in [0.717, 1.165) is 10.9 Å². The molecule has 3 aromatic rings. The van der Waals surface area contributed by atoms with Crippen LogP contribution in [0.25, 0.3) is 10.9 Å². The van der Waals surface area contributed by atoms with E-state index in [-0.39, 0.29) is 24.4 Å². The standard InChI is InChI=1S/C20H18BrN3O4/c21-13-2-4-16-15(10-13)20(26)24(12-22-16)7-6-19(25)23-14-3-5-17-18(11-14)28-9-1-8-27-17/h2-5,10-12H,1,6-9H2,(H,23,25). The summed E-state index contributed by atoms with van der Waals surface area (Å²) in [5.41, 5.74) is 1.08. The van der Waals surface area contributed by atoms with Crippen LogP contribution < -0.4 is 20.3 Å². The summed E-state index contributed by atoms with van der Waals surface area (Å²) < 4.78 is 13.5. The molecule has 2 aromatic carbocycles. The quantitative estimate of drug-likeness (QED) is 0.668. The number of nitrogens with one attached hydrogen (secondary N) is 1. The topological polar surface area (TPSA) is 82.5 Å². The van der Waals surface area contributed by atoms with E-state index in [2.05, 4.69) is 26.2 Å². The predicted molar refractivity (Wildman–Crippen MR) is 109 cm³/mol. The van der Waals surface area contributed by atoms with Gasteiger partial charge in [0.2, 0.25) is 5.91 Å². The first kappa shape index (κ1) is 18.5. The van der Waals surface area contributed by atoms with Crippen molar-refractivity contribution in [2.75, 3.05) is 18.5 Å². The zero-order valence-electron chi connectivity index (χ0n) is 15.0. The third kappa shape index (κ3) is 4.01. The SMILES string of the molecule is O=C(CCn1cnc2ccc(Br)cc2c1=O)Nc1ccc2c(c1)OCCCO2. The highest BCUT2D eigenvalue weighted by molar-refractivity contribution is 9.10. The molecule has 1 aromatic heterocycles. The highest BCUT2D eigenvalue weighted by Gasteiger charge is 2.12. The molecule has 0 atom stereocenters. The Kier molecular flexibility index (Phi) is 5.29. The Bertz CT molecular complexity index is 1100. The summed E-state index contributed by atoms with van der Waals surface area (Å²) in [5, 5.41) is 3.34. The number of halogens is 1. The lowest BCUT2D eigenvalue weighted by Gasteiger charge is -2.11. The van der Waals surface area contributed by atoms with Gasteiger partial charge in [-0.15, -0.1) is 0 Å². The second kappa shape index (κ2) is 8.02. The summed E-state index contributed by atoms with van der Waals surface area (Å²) in [6.07, 6.45) is 2.44. The number of carbonyl (C=O) groups is 1. The Labute approximate surface area is 169 Å². The molecule has 0 unspecified atom stereocenters. The second-order valence-electron chi connectivity index (χ2n) is 6.41. The van der Waals surface area contributed by atoms with Crippen LogP contribution in [0.3, 0.4) is 0 Å². The van der Waals surface area contributed by atoms with E-state index in [9.17, 15) is 9.59 Å². The molecule has 8 heteroatoms. The summed E-state index contributed by atoms with van der Waals surface area (Å²) in [7, 11) is 0. The van der Waals surface area contributed by atoms with Crippen molar-refractivity contribution in [1.29, 1.82) is 0 Å². The van der Waals surface area contributed by atoms with Gasteiger partial charge in [0.25, 0.3) is 5.56 Å². The van der Waals surface area contributed by atoms with Crippen LogP contribution in [0.5, 0.6) is 11.5 Å². The van der Waals surface area contributed by atoms with Crippen molar-refractivity contribution in [3.8, 4) is 11.5 Å². The maximum absolute atomic E-state index is 12.6. The number of carbonyl (C=O) groups excluding carboxylic acids is 1. The molecule has 0 radical (unpaired) electrons. The fourth-order valence-corrected chi connectivity index (χ4v) is 3.34. The van der Waals surface area contributed by atoms with Crippen LogP contribution in [-0.4, -0.2) is 28.7 Å². The maximum atomic E-state index is 12.6. The third-order valence-electron chi connectivity index (χ3n) is 4.40. The van der Waals surface area contributed by atoms with Crippen LogP contribution in [0, 0.1) is 0 Å². The molecule has 1 amide bonds. The smallest absolute Gasteiger partial charge is 0.261 e. The van der Waals surface area contributed by atoms with Crippen LogP contribution in [0.1, 0.15) is 12.8 Å². The first-order chi connectivity index (χ1) is 13.6. The number of anilines is 1. The molecular formula is C20H18BrN3O4. The molecule has 2 heterocycles. The fraction of sp³-hybridized carbons (Fsp3) is 0.250. The Balaban J connectivity index is 1.44. The number of ether oxygens (including phenoxy) is 2. The molecule has 0 fully saturated rings. The first-order valence-electron chi connectivity index (χ1n) is 8.94. The van der Waals surface area contributed by atoms with Gasteiger partial charge in [0.05, 0.1) is 30.4 Å². The first-order valence-corrected chi connectivity index (χ1v) is 9.74. The highest BCUT2D eigenvalue weighted by Crippen LogP contribution is 2.32. The lowest BCUT2D eigenvalue weighted by molar-refractivity contribution is -0.116. The largest absolute Gasteiger partial charge is 0.490 e. The predicted octanol–water partition coefficient (Wildman–Crippen LogP) is 3.35. The van der Waals surface area contributed by atoms with E-state index >= 15 is 0 Å². The lowest BCUT2D eigenvalue weighted by Crippen LogP contribution is -2.23. The molecule has 0 saturated heterocycles. The van der Waals surface area contributed by atoms with Crippen molar-refractivity contribution in [2.45, 2.75) is 19.4 Å². The molecule has 0 aliphatic carbocycles. The average Bonchev–Trinajstić information content (AvgIpc) is 2.93. The van der Waals surface area contributed by atoms with Crippen molar-refractivity contribution >= 4 is 38.4 Å². The van der Waals surface area contributed by atoms with Gasteiger partial charge in [0.15, 0.2) is 11.5 Å². The maximum Gasteiger partial charge on any atom is 0.261 e. The summed E-state index contributed by atoms with van der Waals surface area (Å²) in [6, 6.07) is 10.7. The third-order valence-corrected chi connectivity index (χ3v) is 4.89. The molecule has 28 heavy (non-hydrogen) atoms. The Morgan fingerprint density at radius 3 is 2.82 bits per heavy atom. The molecule has 4 rings (SSSR count). The molecule has 144 valence electrons. The van der Waals surface area contributed by atoms with Crippen LogP contribution in [0.2, 0.25) is 0 Å². The minimum atomic E-state index is -0.198. The number of aryl methyl sites for hydroxylation is 1. The number of benzene rings is 2. The molecule has 1 aliphatic heterocycles. The van der Waals surface area contributed by atoms with Gasteiger partial charge < -0.3 is 14.8 Å². The van der Waals surface area contributed by atoms with E-state index in [4.69, 9.17) is 9.47 Å². The van der Waals surface area contributed by atoms with Crippen LogP contribution in [0.4, 0.5) is 5.69 Å². The van der Waals surface area contributed by atoms with Crippen molar-refractivity contribution in [3.05, 3.63) is 57.6 Å². The van der Waals surface area contributed by atoms with Gasteiger partial charge in [-0.1, -0.05) is 15.9 Å². The Hall–Kier alpha value is -2.87. The number of nitrogens with zero attached hydrogens (tertiary/aromatic N) is 2. The number of fused-ring (bicyclic) bond motifs is 2. The van der Waals surface area contributed by atoms with Crippen LogP contribution >= 0.6 is 15.9 Å². The highest BCUT2D eigenvalue weighted by atomic mass is 79.9. The summed E-state index contributed by atoms with van der Waals surface area (Å²) >= 11 is 3.36. The van der Waals surface area contributed by atoms with Gasteiger partial charge in [0, 0.05) is 35.6 Å². The number of aromatic nitrogens is 2. The lowest BCUT2D eigenvalue weighted by atomic mass is 10.2. The van der Waals surface area contributed by atoms with Crippen molar-refractivity contribution in [2.24, 2.45) is 0 Å². The molecular weight excluding hydrogens is 426 g/mol. The average molecular weight is 444 g/mol. The molecule has 0 saturated carbocycles. The molecule has 0 bridgehead atoms. The van der Waals surface area contributed by atoms with Gasteiger partial charge in [0.1, 0.15) is 0 Å². The van der Waals surface area contributed by atoms with E-state index < -0.39 is 0 Å². The summed E-state index contributed by atoms with van der Waals surface area (Å²) in [4.78, 5) is 29.2. The van der Waals surface area contributed by atoms with Crippen LogP contribution in [-0.2, 0) is 11.3 Å². The number of hydrogen-bond donors (Lipinski definition) is 1. The van der Waals surface area contributed by atoms with E-state index in [1.54, 1.807) is 30.3 Å². The number of rotatable bonds is 4. The summed E-state index contributed by atoms with van der Waals surface area (Å²) in [5.74, 6) is 1.10. The van der Waals surface area contributed by atoms with Gasteiger partial charge in [-0.05, 0) is 30.3 Å². The Morgan fingerprint density at radius 2 is 1.96 bits per heavy atom. The molecule has 0 spiro atoms. The van der Waals surface area contributed by atoms with Crippen molar-refractivity contribution in [1.82, 2.24) is 9.55 Å². The molecule has 7 nitrogen and oxygen atoms in total. The second-order valence-corrected chi connectivity index (χ2v) is 7.33. The molecule has 1 N–H and O–H groups in total. The van der Waals surface area contributed by atoms with Gasteiger partial charge in [-0.3, -0.25) is 14.2 Å². The van der Waals surface area contributed by atoms with Crippen LogP contribution in [0.15, 0.2) is 52.0 Å². The van der Waals surface area contributed by atoms with Gasteiger partial charge in [-0.2, -0.15) is 0 Å². The zero-order chi connectivity index (χ0) is 19.5. The fourth-order valence-electron chi connectivity index (χ4n) is 2.98. The van der Waals surface area contributed by atoms with E-state index in [1.807, 2.05) is 6.07 Å².